The van der Waals surface area contributed by atoms with E-state index >= 15 is 0 Å². The summed E-state index contributed by atoms with van der Waals surface area (Å²) in [5, 5.41) is 0. The van der Waals surface area contributed by atoms with Crippen LogP contribution in [0.5, 0.6) is 11.5 Å². The summed E-state index contributed by atoms with van der Waals surface area (Å²) in [5.41, 5.74) is 2.05. The number of halogens is 1. The van der Waals surface area contributed by atoms with E-state index in [1.54, 1.807) is 51.5 Å². The minimum absolute atomic E-state index is 0.169. The third-order valence-electron chi connectivity index (χ3n) is 5.00. The first-order valence-corrected chi connectivity index (χ1v) is 9.36. The molecular formula is C23H23FO5. The predicted octanol–water partition coefficient (Wildman–Crippen LogP) is 4.16. The fourth-order valence-electron chi connectivity index (χ4n) is 3.63. The first-order chi connectivity index (χ1) is 14.0. The molecule has 0 fully saturated rings. The van der Waals surface area contributed by atoms with E-state index in [1.165, 1.54) is 18.2 Å². The number of benzene rings is 2. The summed E-state index contributed by atoms with van der Waals surface area (Å²) in [6, 6.07) is 11.3. The van der Waals surface area contributed by atoms with Crippen LogP contribution in [0.4, 0.5) is 4.39 Å². The molecule has 6 heteroatoms. The van der Waals surface area contributed by atoms with E-state index in [4.69, 9.17) is 14.2 Å². The number of methoxy groups -OCH3 is 2. The molecule has 2 aromatic carbocycles. The average molecular weight is 398 g/mol. The Morgan fingerprint density at radius 2 is 1.79 bits per heavy atom. The van der Waals surface area contributed by atoms with Crippen LogP contribution in [0, 0.1) is 11.7 Å². The van der Waals surface area contributed by atoms with Gasteiger partial charge in [0.15, 0.2) is 5.78 Å². The number of ether oxygens (including phenoxy) is 3. The Morgan fingerprint density at radius 3 is 2.38 bits per heavy atom. The highest BCUT2D eigenvalue weighted by Gasteiger charge is 2.40. The number of hydrogen-bond donors (Lipinski definition) is 0. The second-order valence-corrected chi connectivity index (χ2v) is 6.77. The van der Waals surface area contributed by atoms with Gasteiger partial charge in [0.1, 0.15) is 23.2 Å². The van der Waals surface area contributed by atoms with E-state index in [1.807, 2.05) is 0 Å². The molecule has 0 aliphatic heterocycles. The van der Waals surface area contributed by atoms with Gasteiger partial charge in [-0.1, -0.05) is 12.1 Å². The number of ketones is 1. The quantitative estimate of drug-likeness (QED) is 0.540. The van der Waals surface area contributed by atoms with Crippen molar-refractivity contribution < 1.29 is 28.2 Å². The van der Waals surface area contributed by atoms with Crippen molar-refractivity contribution >= 4 is 17.3 Å². The Balaban J connectivity index is 2.07. The second kappa shape index (κ2) is 8.90. The molecule has 0 saturated carbocycles. The van der Waals surface area contributed by atoms with Gasteiger partial charge in [0.05, 0.1) is 20.8 Å². The molecule has 3 rings (SSSR count). The lowest BCUT2D eigenvalue weighted by atomic mass is 9.73. The van der Waals surface area contributed by atoms with Crippen LogP contribution in [-0.4, -0.2) is 32.6 Å². The predicted molar refractivity (Wildman–Crippen MR) is 106 cm³/mol. The van der Waals surface area contributed by atoms with Gasteiger partial charge >= 0.3 is 5.97 Å². The van der Waals surface area contributed by atoms with E-state index in [9.17, 15) is 14.0 Å². The lowest BCUT2D eigenvalue weighted by Gasteiger charge is -2.29. The maximum atomic E-state index is 13.9. The van der Waals surface area contributed by atoms with Crippen molar-refractivity contribution in [1.29, 1.82) is 0 Å². The maximum absolute atomic E-state index is 13.9. The number of allylic oxidation sites excluding steroid dienone is 2. The fourth-order valence-corrected chi connectivity index (χ4v) is 3.63. The van der Waals surface area contributed by atoms with Gasteiger partial charge in [-0.3, -0.25) is 9.59 Å². The molecule has 0 amide bonds. The zero-order valence-corrected chi connectivity index (χ0v) is 16.6. The third-order valence-corrected chi connectivity index (χ3v) is 5.00. The summed E-state index contributed by atoms with van der Waals surface area (Å²) in [5.74, 6) is -1.74. The normalized spacial score (nSPS) is 18.8. The largest absolute Gasteiger partial charge is 0.497 e. The highest BCUT2D eigenvalue weighted by atomic mass is 19.1. The molecule has 29 heavy (non-hydrogen) atoms. The Labute approximate surface area is 169 Å². The first kappa shape index (κ1) is 20.6. The number of esters is 1. The van der Waals surface area contributed by atoms with E-state index in [2.05, 4.69) is 0 Å². The fraction of sp³-hybridized carbons (Fsp3) is 0.304. The van der Waals surface area contributed by atoms with Gasteiger partial charge in [0.25, 0.3) is 0 Å². The van der Waals surface area contributed by atoms with Gasteiger partial charge in [-0.2, -0.15) is 0 Å². The van der Waals surface area contributed by atoms with E-state index in [0.717, 1.165) is 11.1 Å². The molecule has 1 aliphatic rings. The van der Waals surface area contributed by atoms with Crippen molar-refractivity contribution in [2.24, 2.45) is 5.92 Å². The van der Waals surface area contributed by atoms with Crippen molar-refractivity contribution in [2.75, 3.05) is 20.8 Å². The molecule has 152 valence electrons. The van der Waals surface area contributed by atoms with Crippen LogP contribution < -0.4 is 9.47 Å². The van der Waals surface area contributed by atoms with Crippen LogP contribution in [0.1, 0.15) is 30.4 Å². The van der Waals surface area contributed by atoms with Gasteiger partial charge < -0.3 is 14.2 Å². The summed E-state index contributed by atoms with van der Waals surface area (Å²) in [6.45, 7) is 1.86. The SMILES string of the molecule is CCOC(=O)C1C(=O)C=C(c2cc(OC)cc(OC)c2)CC1c1cccc(F)c1. The summed E-state index contributed by atoms with van der Waals surface area (Å²) in [7, 11) is 3.09. The smallest absolute Gasteiger partial charge is 0.317 e. The Kier molecular flexibility index (Phi) is 6.32. The molecule has 1 aliphatic carbocycles. The number of carbonyl (C=O) groups is 2. The monoisotopic (exact) mass is 398 g/mol. The topological polar surface area (TPSA) is 61.8 Å². The van der Waals surface area contributed by atoms with E-state index in [-0.39, 0.29) is 12.4 Å². The van der Waals surface area contributed by atoms with E-state index < -0.39 is 23.6 Å². The number of rotatable bonds is 6. The van der Waals surface area contributed by atoms with Crippen LogP contribution >= 0.6 is 0 Å². The molecule has 0 bridgehead atoms. The molecule has 0 saturated heterocycles. The molecule has 2 atom stereocenters. The van der Waals surface area contributed by atoms with Gasteiger partial charge in [-0.05, 0) is 60.4 Å². The zero-order chi connectivity index (χ0) is 21.0. The lowest BCUT2D eigenvalue weighted by Crippen LogP contribution is -2.34. The van der Waals surface area contributed by atoms with Crippen LogP contribution in [-0.2, 0) is 14.3 Å². The van der Waals surface area contributed by atoms with Crippen molar-refractivity contribution in [3.8, 4) is 11.5 Å². The zero-order valence-electron chi connectivity index (χ0n) is 16.6. The van der Waals surface area contributed by atoms with E-state index in [0.29, 0.717) is 23.5 Å². The summed E-state index contributed by atoms with van der Waals surface area (Å²) < 4.78 is 29.6. The van der Waals surface area contributed by atoms with Gasteiger partial charge in [-0.25, -0.2) is 4.39 Å². The van der Waals surface area contributed by atoms with Gasteiger partial charge in [0, 0.05) is 12.0 Å². The highest BCUT2D eigenvalue weighted by molar-refractivity contribution is 6.10. The molecule has 0 aromatic heterocycles. The van der Waals surface area contributed by atoms with Crippen molar-refractivity contribution in [3.05, 3.63) is 65.5 Å². The Bertz CT molecular complexity index is 928. The summed E-state index contributed by atoms with van der Waals surface area (Å²) in [6.07, 6.45) is 1.83. The minimum Gasteiger partial charge on any atom is -0.497 e. The summed E-state index contributed by atoms with van der Waals surface area (Å²) in [4.78, 5) is 25.5. The van der Waals surface area contributed by atoms with Gasteiger partial charge in [0.2, 0.25) is 0 Å². The number of hydrogen-bond acceptors (Lipinski definition) is 5. The Hall–Kier alpha value is -3.15. The standard InChI is InChI=1S/C23H23FO5/c1-4-29-23(26)22-20(14-6-5-7-17(24)8-14)11-16(12-21(22)25)15-9-18(27-2)13-19(10-15)28-3/h5-10,12-13,20,22H,4,11H2,1-3H3. The van der Waals surface area contributed by atoms with Crippen LogP contribution in [0.15, 0.2) is 48.5 Å². The molecule has 2 aromatic rings. The molecule has 0 N–H and O–H groups in total. The van der Waals surface area contributed by atoms with Crippen molar-refractivity contribution in [3.63, 3.8) is 0 Å². The Morgan fingerprint density at radius 1 is 1.10 bits per heavy atom. The van der Waals surface area contributed by atoms with Crippen molar-refractivity contribution in [2.45, 2.75) is 19.3 Å². The summed E-state index contributed by atoms with van der Waals surface area (Å²) >= 11 is 0. The highest BCUT2D eigenvalue weighted by Crippen LogP contribution is 2.41. The van der Waals surface area contributed by atoms with Gasteiger partial charge in [-0.15, -0.1) is 0 Å². The molecule has 0 heterocycles. The minimum atomic E-state index is -1.01. The molecular weight excluding hydrogens is 375 g/mol. The average Bonchev–Trinajstić information content (AvgIpc) is 2.72. The van der Waals surface area contributed by atoms with Crippen LogP contribution in [0.25, 0.3) is 5.57 Å². The van der Waals surface area contributed by atoms with Crippen LogP contribution in [0.3, 0.4) is 0 Å². The molecule has 0 spiro atoms. The number of carbonyl (C=O) groups excluding carboxylic acids is 2. The third kappa shape index (κ3) is 4.47. The second-order valence-electron chi connectivity index (χ2n) is 6.77. The molecule has 2 unspecified atom stereocenters. The first-order valence-electron chi connectivity index (χ1n) is 9.36. The maximum Gasteiger partial charge on any atom is 0.317 e. The van der Waals surface area contributed by atoms with Crippen molar-refractivity contribution in [1.82, 2.24) is 0 Å². The van der Waals surface area contributed by atoms with Crippen LogP contribution in [0.2, 0.25) is 0 Å². The molecule has 0 radical (unpaired) electrons. The molecule has 5 nitrogen and oxygen atoms in total. The lowest BCUT2D eigenvalue weighted by molar-refractivity contribution is -0.151.